The zero-order chi connectivity index (χ0) is 14.5. The van der Waals surface area contributed by atoms with E-state index < -0.39 is 10.7 Å². The fourth-order valence-electron chi connectivity index (χ4n) is 1.72. The Bertz CT molecular complexity index is 678. The second-order valence-electron chi connectivity index (χ2n) is 4.11. The van der Waals surface area contributed by atoms with Gasteiger partial charge >= 0.3 is 0 Å². The molecule has 0 aliphatic heterocycles. The molecular formula is C14H10FN3O2. The molecule has 0 aliphatic carbocycles. The van der Waals surface area contributed by atoms with Crippen molar-refractivity contribution in [1.82, 2.24) is 0 Å². The molecule has 0 aliphatic rings. The number of halogens is 1. The highest BCUT2D eigenvalue weighted by Gasteiger charge is 2.09. The molecule has 0 fully saturated rings. The van der Waals surface area contributed by atoms with Gasteiger partial charge < -0.3 is 5.32 Å². The van der Waals surface area contributed by atoms with E-state index in [0.717, 1.165) is 11.6 Å². The lowest BCUT2D eigenvalue weighted by Crippen LogP contribution is -1.95. The highest BCUT2D eigenvalue weighted by Crippen LogP contribution is 2.23. The van der Waals surface area contributed by atoms with Crippen molar-refractivity contribution in [2.75, 3.05) is 5.32 Å². The molecular weight excluding hydrogens is 261 g/mol. The molecule has 0 heterocycles. The summed E-state index contributed by atoms with van der Waals surface area (Å²) in [6.45, 7) is 0. The van der Waals surface area contributed by atoms with Gasteiger partial charge in [-0.25, -0.2) is 4.39 Å². The molecule has 0 saturated carbocycles. The predicted molar refractivity (Wildman–Crippen MR) is 72.1 cm³/mol. The molecule has 2 aromatic rings. The maximum absolute atomic E-state index is 13.3. The topological polar surface area (TPSA) is 79.0 Å². The smallest absolute Gasteiger partial charge is 0.274 e. The molecule has 1 N–H and O–H groups in total. The molecule has 0 aromatic heterocycles. The van der Waals surface area contributed by atoms with Crippen molar-refractivity contribution in [3.05, 3.63) is 64.0 Å². The number of hydrogen-bond donors (Lipinski definition) is 1. The number of nitro groups is 1. The van der Waals surface area contributed by atoms with Crippen LogP contribution in [-0.4, -0.2) is 4.92 Å². The summed E-state index contributed by atoms with van der Waals surface area (Å²) in [4.78, 5) is 10.0. The van der Waals surface area contributed by atoms with Crippen molar-refractivity contribution < 1.29 is 9.31 Å². The van der Waals surface area contributed by atoms with Gasteiger partial charge in [-0.05, 0) is 23.8 Å². The van der Waals surface area contributed by atoms with Crippen LogP contribution in [0.1, 0.15) is 5.56 Å². The van der Waals surface area contributed by atoms with Crippen LogP contribution < -0.4 is 5.32 Å². The average Bonchev–Trinajstić information content (AvgIpc) is 2.40. The fourth-order valence-corrected chi connectivity index (χ4v) is 1.72. The van der Waals surface area contributed by atoms with Crippen molar-refractivity contribution >= 4 is 17.1 Å². The van der Waals surface area contributed by atoms with E-state index in [2.05, 4.69) is 5.32 Å². The summed E-state index contributed by atoms with van der Waals surface area (Å²) in [7, 11) is 0. The highest BCUT2D eigenvalue weighted by molar-refractivity contribution is 5.62. The van der Waals surface area contributed by atoms with Crippen LogP contribution in [0.3, 0.4) is 0 Å². The van der Waals surface area contributed by atoms with Gasteiger partial charge in [0, 0.05) is 17.4 Å². The third kappa shape index (κ3) is 3.29. The molecule has 100 valence electrons. The van der Waals surface area contributed by atoms with Crippen LogP contribution in [0, 0.1) is 27.3 Å². The number of nitrogens with zero attached hydrogens (tertiary/aromatic N) is 2. The van der Waals surface area contributed by atoms with Crippen LogP contribution in [0.2, 0.25) is 0 Å². The van der Waals surface area contributed by atoms with E-state index in [0.29, 0.717) is 17.8 Å². The average molecular weight is 271 g/mol. The van der Waals surface area contributed by atoms with Gasteiger partial charge in [-0.15, -0.1) is 0 Å². The third-order valence-corrected chi connectivity index (χ3v) is 2.62. The number of benzene rings is 2. The van der Waals surface area contributed by atoms with Crippen LogP contribution in [0.5, 0.6) is 0 Å². The largest absolute Gasteiger partial charge is 0.355 e. The van der Waals surface area contributed by atoms with Crippen molar-refractivity contribution in [2.24, 2.45) is 0 Å². The molecule has 0 bridgehead atoms. The summed E-state index contributed by atoms with van der Waals surface area (Å²) < 4.78 is 13.3. The Kier molecular flexibility index (Phi) is 3.91. The van der Waals surface area contributed by atoms with Gasteiger partial charge in [0.2, 0.25) is 0 Å². The minimum absolute atomic E-state index is 0.296. The molecule has 0 atom stereocenters. The number of rotatable bonds is 4. The lowest BCUT2D eigenvalue weighted by atomic mass is 10.1. The number of anilines is 2. The molecule has 2 rings (SSSR count). The van der Waals surface area contributed by atoms with Crippen LogP contribution >= 0.6 is 0 Å². The molecule has 5 nitrogen and oxygen atoms in total. The molecule has 0 unspecified atom stereocenters. The van der Waals surface area contributed by atoms with Crippen LogP contribution in [-0.2, 0) is 6.42 Å². The van der Waals surface area contributed by atoms with E-state index in [1.165, 1.54) is 12.1 Å². The second kappa shape index (κ2) is 5.80. The second-order valence-corrected chi connectivity index (χ2v) is 4.11. The van der Waals surface area contributed by atoms with Crippen LogP contribution in [0.4, 0.5) is 21.5 Å². The zero-order valence-corrected chi connectivity index (χ0v) is 10.3. The van der Waals surface area contributed by atoms with E-state index in [4.69, 9.17) is 5.26 Å². The Morgan fingerprint density at radius 1 is 1.20 bits per heavy atom. The normalized spacial score (nSPS) is 9.80. The number of non-ortho nitro benzene ring substituents is 1. The maximum Gasteiger partial charge on any atom is 0.274 e. The molecule has 0 saturated heterocycles. The number of hydrogen-bond acceptors (Lipinski definition) is 4. The lowest BCUT2D eigenvalue weighted by Gasteiger charge is -2.07. The first kappa shape index (κ1) is 13.5. The Labute approximate surface area is 114 Å². The van der Waals surface area contributed by atoms with Gasteiger partial charge in [0.25, 0.3) is 5.69 Å². The van der Waals surface area contributed by atoms with Crippen LogP contribution in [0.25, 0.3) is 0 Å². The SMILES string of the molecule is N#CCc1ccc(Nc2cc(F)cc([N+](=O)[O-])c2)cc1. The molecule has 2 aromatic carbocycles. The van der Waals surface area contributed by atoms with Gasteiger partial charge in [-0.3, -0.25) is 10.1 Å². The zero-order valence-electron chi connectivity index (χ0n) is 10.3. The van der Waals surface area contributed by atoms with Crippen molar-refractivity contribution in [3.8, 4) is 6.07 Å². The molecule has 0 radical (unpaired) electrons. The molecule has 6 heteroatoms. The van der Waals surface area contributed by atoms with Gasteiger partial charge in [-0.2, -0.15) is 5.26 Å². The predicted octanol–water partition coefficient (Wildman–Crippen LogP) is 3.54. The van der Waals surface area contributed by atoms with Gasteiger partial charge in [-0.1, -0.05) is 12.1 Å². The molecule has 20 heavy (non-hydrogen) atoms. The summed E-state index contributed by atoms with van der Waals surface area (Å²) in [5.41, 5.74) is 1.51. The van der Waals surface area contributed by atoms with Crippen molar-refractivity contribution in [3.63, 3.8) is 0 Å². The summed E-state index contributed by atoms with van der Waals surface area (Å²) >= 11 is 0. The van der Waals surface area contributed by atoms with Gasteiger partial charge in [0.15, 0.2) is 0 Å². The van der Waals surface area contributed by atoms with E-state index in [-0.39, 0.29) is 5.69 Å². The number of nitrogens with one attached hydrogen (secondary N) is 1. The Morgan fingerprint density at radius 3 is 2.50 bits per heavy atom. The van der Waals surface area contributed by atoms with Crippen LogP contribution in [0.15, 0.2) is 42.5 Å². The lowest BCUT2D eigenvalue weighted by molar-refractivity contribution is -0.385. The minimum Gasteiger partial charge on any atom is -0.355 e. The quantitative estimate of drug-likeness (QED) is 0.681. The summed E-state index contributed by atoms with van der Waals surface area (Å²) in [5.74, 6) is -0.678. The Morgan fingerprint density at radius 2 is 1.90 bits per heavy atom. The first-order valence-electron chi connectivity index (χ1n) is 5.76. The maximum atomic E-state index is 13.3. The first-order chi connectivity index (χ1) is 9.58. The van der Waals surface area contributed by atoms with E-state index in [1.54, 1.807) is 24.3 Å². The van der Waals surface area contributed by atoms with E-state index in [9.17, 15) is 14.5 Å². The first-order valence-corrected chi connectivity index (χ1v) is 5.76. The summed E-state index contributed by atoms with van der Waals surface area (Å²) in [6.07, 6.45) is 0.311. The standard InChI is InChI=1S/C14H10FN3O2/c15-11-7-13(9-14(8-11)18(19)20)17-12-3-1-10(2-4-12)5-6-16/h1-4,7-9,17H,5H2. The fraction of sp³-hybridized carbons (Fsp3) is 0.0714. The third-order valence-electron chi connectivity index (χ3n) is 2.62. The molecule has 0 amide bonds. The summed E-state index contributed by atoms with van der Waals surface area (Å²) in [5, 5.41) is 22.1. The summed E-state index contributed by atoms with van der Waals surface area (Å²) in [6, 6.07) is 12.3. The molecule has 0 spiro atoms. The van der Waals surface area contributed by atoms with Crippen molar-refractivity contribution in [1.29, 1.82) is 5.26 Å². The monoisotopic (exact) mass is 271 g/mol. The minimum atomic E-state index is -0.678. The van der Waals surface area contributed by atoms with Gasteiger partial charge in [0.05, 0.1) is 23.5 Å². The highest BCUT2D eigenvalue weighted by atomic mass is 19.1. The Balaban J connectivity index is 2.21. The van der Waals surface area contributed by atoms with E-state index in [1.807, 2.05) is 6.07 Å². The number of nitro benzene ring substituents is 1. The van der Waals surface area contributed by atoms with E-state index >= 15 is 0 Å². The number of nitriles is 1. The Hall–Kier alpha value is -2.94. The van der Waals surface area contributed by atoms with Crippen molar-refractivity contribution in [2.45, 2.75) is 6.42 Å². The van der Waals surface area contributed by atoms with Gasteiger partial charge in [0.1, 0.15) is 5.82 Å².